The van der Waals surface area contributed by atoms with Crippen LogP contribution in [0.2, 0.25) is 0 Å². The summed E-state index contributed by atoms with van der Waals surface area (Å²) in [6.45, 7) is 4.14. The highest BCUT2D eigenvalue weighted by Crippen LogP contribution is 2.33. The Kier molecular flexibility index (Phi) is 2.55. The molecule has 1 atom stereocenters. The Balaban J connectivity index is 2.56. The molecule has 3 N–H and O–H groups in total. The van der Waals surface area contributed by atoms with Gasteiger partial charge in [-0.1, -0.05) is 26.7 Å². The molecule has 0 saturated heterocycles. The number of nitrogens with two attached hydrogens (primary N) is 1. The van der Waals surface area contributed by atoms with Gasteiger partial charge < -0.3 is 10.8 Å². The Hall–Kier alpha value is -0.0800. The van der Waals surface area contributed by atoms with Crippen LogP contribution in [-0.2, 0) is 0 Å². The molecule has 1 unspecified atom stereocenters. The lowest BCUT2D eigenvalue weighted by atomic mass is 9.86. The average molecular weight is 157 g/mol. The summed E-state index contributed by atoms with van der Waals surface area (Å²) in [6.07, 6.45) is 4.06. The fourth-order valence-electron chi connectivity index (χ4n) is 1.94. The molecule has 0 radical (unpaired) electrons. The minimum absolute atomic E-state index is 0.0370. The van der Waals surface area contributed by atoms with E-state index in [1.807, 2.05) is 0 Å². The van der Waals surface area contributed by atoms with E-state index in [0.717, 1.165) is 25.7 Å². The highest BCUT2D eigenvalue weighted by atomic mass is 16.3. The Labute approximate surface area is 68.8 Å². The Bertz CT molecular complexity index is 128. The van der Waals surface area contributed by atoms with E-state index < -0.39 is 5.60 Å². The van der Waals surface area contributed by atoms with Gasteiger partial charge in [0, 0.05) is 6.04 Å². The smallest absolute Gasteiger partial charge is 0.0800 e. The van der Waals surface area contributed by atoms with Crippen LogP contribution in [-0.4, -0.2) is 16.7 Å². The van der Waals surface area contributed by atoms with Crippen LogP contribution in [0.15, 0.2) is 0 Å². The third kappa shape index (κ3) is 1.74. The Morgan fingerprint density at radius 2 is 1.73 bits per heavy atom. The van der Waals surface area contributed by atoms with Gasteiger partial charge >= 0.3 is 0 Å². The van der Waals surface area contributed by atoms with Crippen molar-refractivity contribution in [2.45, 2.75) is 51.2 Å². The fourth-order valence-corrected chi connectivity index (χ4v) is 1.94. The zero-order chi connectivity index (χ0) is 8.48. The van der Waals surface area contributed by atoms with Gasteiger partial charge in [0.1, 0.15) is 0 Å². The van der Waals surface area contributed by atoms with Crippen LogP contribution in [0.3, 0.4) is 0 Å². The molecule has 1 fully saturated rings. The van der Waals surface area contributed by atoms with E-state index in [2.05, 4.69) is 13.8 Å². The molecule has 0 amide bonds. The summed E-state index contributed by atoms with van der Waals surface area (Å²) in [5.41, 5.74) is 5.36. The van der Waals surface area contributed by atoms with Crippen molar-refractivity contribution < 1.29 is 5.11 Å². The van der Waals surface area contributed by atoms with E-state index >= 15 is 0 Å². The number of rotatable bonds is 2. The Morgan fingerprint density at radius 3 is 2.09 bits per heavy atom. The van der Waals surface area contributed by atoms with E-state index in [1.54, 1.807) is 0 Å². The zero-order valence-corrected chi connectivity index (χ0v) is 7.51. The molecule has 0 heterocycles. The minimum atomic E-state index is -0.547. The van der Waals surface area contributed by atoms with Gasteiger partial charge in [-0.2, -0.15) is 0 Å². The topological polar surface area (TPSA) is 46.2 Å². The highest BCUT2D eigenvalue weighted by Gasteiger charge is 2.38. The lowest BCUT2D eigenvalue weighted by Crippen LogP contribution is -2.49. The summed E-state index contributed by atoms with van der Waals surface area (Å²) in [5, 5.41) is 10.0. The van der Waals surface area contributed by atoms with Gasteiger partial charge in [-0.25, -0.2) is 0 Å². The zero-order valence-electron chi connectivity index (χ0n) is 7.51. The molecule has 0 aromatic heterocycles. The quantitative estimate of drug-likeness (QED) is 0.634. The molecule has 11 heavy (non-hydrogen) atoms. The third-order valence-corrected chi connectivity index (χ3v) is 2.81. The van der Waals surface area contributed by atoms with Crippen molar-refractivity contribution in [1.82, 2.24) is 0 Å². The molecule has 2 heteroatoms. The molecule has 0 aliphatic heterocycles. The molecule has 1 rings (SSSR count). The summed E-state index contributed by atoms with van der Waals surface area (Å²) in [5.74, 6) is 0.387. The fraction of sp³-hybridized carbons (Fsp3) is 1.00. The Morgan fingerprint density at radius 1 is 1.27 bits per heavy atom. The number of hydrogen-bond acceptors (Lipinski definition) is 2. The van der Waals surface area contributed by atoms with Gasteiger partial charge in [0.05, 0.1) is 5.60 Å². The predicted molar refractivity (Wildman–Crippen MR) is 46.2 cm³/mol. The molecule has 0 aromatic carbocycles. The van der Waals surface area contributed by atoms with Crippen LogP contribution in [0.25, 0.3) is 0 Å². The van der Waals surface area contributed by atoms with Crippen molar-refractivity contribution in [3.63, 3.8) is 0 Å². The molecule has 1 aliphatic rings. The molecular weight excluding hydrogens is 138 g/mol. The summed E-state index contributed by atoms with van der Waals surface area (Å²) in [6, 6.07) is -0.0370. The van der Waals surface area contributed by atoms with E-state index in [4.69, 9.17) is 5.73 Å². The van der Waals surface area contributed by atoms with Crippen LogP contribution in [0.5, 0.6) is 0 Å². The van der Waals surface area contributed by atoms with Gasteiger partial charge in [-0.15, -0.1) is 0 Å². The number of aliphatic hydroxyl groups is 1. The first-order valence-corrected chi connectivity index (χ1v) is 4.54. The van der Waals surface area contributed by atoms with Crippen molar-refractivity contribution >= 4 is 0 Å². The van der Waals surface area contributed by atoms with Gasteiger partial charge in [0.2, 0.25) is 0 Å². The van der Waals surface area contributed by atoms with Crippen LogP contribution in [0.1, 0.15) is 39.5 Å². The van der Waals surface area contributed by atoms with E-state index in [1.165, 1.54) is 0 Å². The maximum atomic E-state index is 10.0. The van der Waals surface area contributed by atoms with Crippen molar-refractivity contribution in [2.75, 3.05) is 0 Å². The average Bonchev–Trinajstić information content (AvgIpc) is 2.35. The molecule has 1 saturated carbocycles. The lowest BCUT2D eigenvalue weighted by molar-refractivity contribution is 0.00658. The first kappa shape index (κ1) is 9.01. The van der Waals surface area contributed by atoms with Gasteiger partial charge in [-0.3, -0.25) is 0 Å². The van der Waals surface area contributed by atoms with Crippen molar-refractivity contribution in [3.05, 3.63) is 0 Å². The largest absolute Gasteiger partial charge is 0.388 e. The van der Waals surface area contributed by atoms with Gasteiger partial charge in [-0.05, 0) is 18.8 Å². The molecule has 66 valence electrons. The second kappa shape index (κ2) is 3.11. The van der Waals surface area contributed by atoms with Gasteiger partial charge in [0.15, 0.2) is 0 Å². The van der Waals surface area contributed by atoms with Gasteiger partial charge in [0.25, 0.3) is 0 Å². The van der Waals surface area contributed by atoms with E-state index in [0.29, 0.717) is 5.92 Å². The summed E-state index contributed by atoms with van der Waals surface area (Å²) >= 11 is 0. The molecule has 2 nitrogen and oxygen atoms in total. The van der Waals surface area contributed by atoms with Crippen LogP contribution >= 0.6 is 0 Å². The minimum Gasteiger partial charge on any atom is -0.388 e. The first-order valence-electron chi connectivity index (χ1n) is 4.54. The van der Waals surface area contributed by atoms with Crippen molar-refractivity contribution in [1.29, 1.82) is 0 Å². The van der Waals surface area contributed by atoms with Crippen LogP contribution < -0.4 is 5.73 Å². The van der Waals surface area contributed by atoms with E-state index in [-0.39, 0.29) is 6.04 Å². The summed E-state index contributed by atoms with van der Waals surface area (Å²) < 4.78 is 0. The maximum Gasteiger partial charge on any atom is 0.0800 e. The van der Waals surface area contributed by atoms with Crippen molar-refractivity contribution in [2.24, 2.45) is 11.7 Å². The molecule has 1 aliphatic carbocycles. The normalized spacial score (nSPS) is 25.9. The second-order valence-electron chi connectivity index (χ2n) is 4.08. The molecular formula is C9H19NO. The molecule has 0 spiro atoms. The highest BCUT2D eigenvalue weighted by molar-refractivity contribution is 4.94. The molecule has 0 aromatic rings. The monoisotopic (exact) mass is 157 g/mol. The van der Waals surface area contributed by atoms with Crippen LogP contribution in [0.4, 0.5) is 0 Å². The first-order chi connectivity index (χ1) is 5.06. The lowest BCUT2D eigenvalue weighted by Gasteiger charge is -2.32. The third-order valence-electron chi connectivity index (χ3n) is 2.81. The van der Waals surface area contributed by atoms with Crippen LogP contribution in [0, 0.1) is 5.92 Å². The predicted octanol–water partition coefficient (Wildman–Crippen LogP) is 1.27. The van der Waals surface area contributed by atoms with E-state index in [9.17, 15) is 5.11 Å². The number of hydrogen-bond donors (Lipinski definition) is 2. The second-order valence-corrected chi connectivity index (χ2v) is 4.08. The maximum absolute atomic E-state index is 10.0. The summed E-state index contributed by atoms with van der Waals surface area (Å²) in [4.78, 5) is 0. The summed E-state index contributed by atoms with van der Waals surface area (Å²) in [7, 11) is 0. The SMILES string of the molecule is CC(C)C(N)C1(O)CCCC1. The standard InChI is InChI=1S/C9H19NO/c1-7(2)8(10)9(11)5-3-4-6-9/h7-8,11H,3-6,10H2,1-2H3. The molecule has 0 bridgehead atoms. The van der Waals surface area contributed by atoms with Crippen molar-refractivity contribution in [3.8, 4) is 0 Å².